The van der Waals surface area contributed by atoms with E-state index in [1.807, 2.05) is 51.5 Å². The van der Waals surface area contributed by atoms with Gasteiger partial charge >= 0.3 is 0 Å². The van der Waals surface area contributed by atoms with Gasteiger partial charge in [-0.2, -0.15) is 0 Å². The van der Waals surface area contributed by atoms with Crippen LogP contribution in [0.3, 0.4) is 0 Å². The Bertz CT molecular complexity index is 3290. The van der Waals surface area contributed by atoms with Gasteiger partial charge < -0.3 is 9.47 Å². The predicted octanol–water partition coefficient (Wildman–Crippen LogP) is 14.7. The van der Waals surface area contributed by atoms with Crippen molar-refractivity contribution in [2.75, 3.05) is 4.90 Å². The van der Waals surface area contributed by atoms with Crippen LogP contribution in [-0.4, -0.2) is 4.57 Å². The molecule has 0 saturated carbocycles. The molecule has 0 N–H and O–H groups in total. The van der Waals surface area contributed by atoms with Crippen molar-refractivity contribution in [3.05, 3.63) is 182 Å². The third-order valence-corrected chi connectivity index (χ3v) is 12.5. The van der Waals surface area contributed by atoms with Crippen LogP contribution in [-0.2, 0) is 0 Å². The third kappa shape index (κ3) is 4.48. The average molecular weight is 704 g/mol. The molecule has 0 spiro atoms. The summed E-state index contributed by atoms with van der Waals surface area (Å²) in [6.07, 6.45) is 0. The molecule has 0 aliphatic rings. The Morgan fingerprint density at radius 1 is 0.442 bits per heavy atom. The molecule has 0 aliphatic carbocycles. The number of aromatic nitrogens is 1. The van der Waals surface area contributed by atoms with E-state index in [4.69, 9.17) is 6.85 Å². The molecule has 0 saturated heterocycles. The van der Waals surface area contributed by atoms with Gasteiger partial charge in [-0.1, -0.05) is 121 Å². The lowest BCUT2D eigenvalue weighted by molar-refractivity contribution is 1.18. The van der Waals surface area contributed by atoms with Crippen molar-refractivity contribution in [3.8, 4) is 16.8 Å². The minimum absolute atomic E-state index is 0.140. The van der Waals surface area contributed by atoms with E-state index in [0.717, 1.165) is 50.0 Å². The monoisotopic (exact) mass is 703 g/mol. The number of hydrogen-bond acceptors (Lipinski definition) is 3. The summed E-state index contributed by atoms with van der Waals surface area (Å²) in [6.45, 7) is 0. The molecule has 0 unspecified atom stereocenters. The van der Waals surface area contributed by atoms with E-state index in [1.165, 1.54) is 40.3 Å². The summed E-state index contributed by atoms with van der Waals surface area (Å²) in [5, 5.41) is 6.87. The molecule has 244 valence electrons. The van der Waals surface area contributed by atoms with Gasteiger partial charge in [-0.25, -0.2) is 0 Å². The topological polar surface area (TPSA) is 8.17 Å². The van der Waals surface area contributed by atoms with Crippen LogP contribution < -0.4 is 4.90 Å². The van der Waals surface area contributed by atoms with Crippen molar-refractivity contribution in [1.82, 2.24) is 4.57 Å². The number of para-hydroxylation sites is 2. The van der Waals surface area contributed by atoms with Crippen molar-refractivity contribution < 1.29 is 6.85 Å². The number of thiophene rings is 2. The molecule has 11 rings (SSSR count). The van der Waals surface area contributed by atoms with Gasteiger partial charge in [-0.15, -0.1) is 22.7 Å². The summed E-state index contributed by atoms with van der Waals surface area (Å²) in [4.78, 5) is 2.40. The quantitative estimate of drug-likeness (QED) is 0.173. The number of benzene rings is 8. The van der Waals surface area contributed by atoms with Gasteiger partial charge in [-0.3, -0.25) is 0 Å². The fourth-order valence-corrected chi connectivity index (χ4v) is 10.2. The average Bonchev–Trinajstić information content (AvgIpc) is 3.93. The molecule has 0 fully saturated rings. The second-order valence-corrected chi connectivity index (χ2v) is 15.0. The van der Waals surface area contributed by atoms with Crippen LogP contribution in [0, 0.1) is 0 Å². The molecule has 4 heteroatoms. The molecule has 0 radical (unpaired) electrons. The number of nitrogens with zero attached hydrogens (tertiary/aromatic N) is 2. The van der Waals surface area contributed by atoms with Gasteiger partial charge in [0.25, 0.3) is 0 Å². The fraction of sp³-hybridized carbons (Fsp3) is 0. The molecule has 0 aliphatic heterocycles. The maximum atomic E-state index is 8.85. The first-order chi connectivity index (χ1) is 27.9. The molecule has 3 aromatic heterocycles. The number of rotatable bonds is 5. The molecular formula is C48H30N2S2. The Labute approximate surface area is 315 Å². The van der Waals surface area contributed by atoms with Crippen LogP contribution in [0.2, 0.25) is 0 Å². The highest BCUT2D eigenvalue weighted by atomic mass is 32.1. The van der Waals surface area contributed by atoms with Gasteiger partial charge in [0.15, 0.2) is 0 Å². The molecule has 0 bridgehead atoms. The zero-order valence-corrected chi connectivity index (χ0v) is 29.3. The third-order valence-electron chi connectivity index (χ3n) is 10.1. The van der Waals surface area contributed by atoms with E-state index in [1.54, 1.807) is 0 Å². The summed E-state index contributed by atoms with van der Waals surface area (Å²) in [6, 6.07) is 51.6. The SMILES string of the molecule is [2H]c1c([2H])c([2H])c(-n2c3ccccc3c3ccc(-c4ccc(N(c5cccc6c5sc5ccccc56)c5cccc6c5sc5ccccc56)cc4)cc32)c([2H])c1[2H]. The van der Waals surface area contributed by atoms with Crippen LogP contribution in [0.1, 0.15) is 6.85 Å². The number of anilines is 3. The van der Waals surface area contributed by atoms with Crippen LogP contribution in [0.15, 0.2) is 182 Å². The normalized spacial score (nSPS) is 13.2. The van der Waals surface area contributed by atoms with E-state index in [9.17, 15) is 0 Å². The minimum Gasteiger partial charge on any atom is -0.309 e. The van der Waals surface area contributed by atoms with Gasteiger partial charge in [0.05, 0.1) is 38.7 Å². The smallest absolute Gasteiger partial charge is 0.0645 e. The van der Waals surface area contributed by atoms with Gasteiger partial charge in [0.2, 0.25) is 0 Å². The lowest BCUT2D eigenvalue weighted by atomic mass is 10.0. The van der Waals surface area contributed by atoms with Crippen molar-refractivity contribution in [2.45, 2.75) is 0 Å². The summed E-state index contributed by atoms with van der Waals surface area (Å²) >= 11 is 3.64. The Morgan fingerprint density at radius 2 is 0.981 bits per heavy atom. The molecule has 52 heavy (non-hydrogen) atoms. The van der Waals surface area contributed by atoms with E-state index >= 15 is 0 Å². The zero-order valence-electron chi connectivity index (χ0n) is 32.6. The van der Waals surface area contributed by atoms with Crippen molar-refractivity contribution in [2.24, 2.45) is 0 Å². The van der Waals surface area contributed by atoms with Crippen LogP contribution in [0.25, 0.3) is 79.0 Å². The predicted molar refractivity (Wildman–Crippen MR) is 227 cm³/mol. The second kappa shape index (κ2) is 11.7. The molecular weight excluding hydrogens is 669 g/mol. The Balaban J connectivity index is 1.11. The molecule has 0 amide bonds. The van der Waals surface area contributed by atoms with E-state index in [2.05, 4.69) is 132 Å². The minimum atomic E-state index is -0.406. The van der Waals surface area contributed by atoms with Gasteiger partial charge in [0.1, 0.15) is 0 Å². The summed E-state index contributed by atoms with van der Waals surface area (Å²) in [5.41, 5.74) is 6.91. The first-order valence-corrected chi connectivity index (χ1v) is 18.8. The zero-order chi connectivity index (χ0) is 38.5. The lowest BCUT2D eigenvalue weighted by Crippen LogP contribution is -2.10. The van der Waals surface area contributed by atoms with Crippen LogP contribution in [0.4, 0.5) is 17.1 Å². The van der Waals surface area contributed by atoms with Crippen LogP contribution >= 0.6 is 22.7 Å². The summed E-state index contributed by atoms with van der Waals surface area (Å²) in [5.74, 6) is 0. The second-order valence-electron chi connectivity index (χ2n) is 12.9. The standard InChI is InChI=1S/C48H30N2S2/c1-2-12-33(13-3-1)49-41-19-7-4-14-35(41)36-29-26-32(30-44(36)49)31-24-27-34(28-25-31)50(42-20-10-17-39-37-15-5-8-22-45(37)51-47(39)42)43-21-11-18-40-38-16-6-9-23-46(38)52-48(40)43/h1-30H/i1D,2D,3D,12D,13D. The summed E-state index contributed by atoms with van der Waals surface area (Å²) in [7, 11) is 0. The molecule has 2 nitrogen and oxygen atoms in total. The van der Waals surface area contributed by atoms with E-state index in [0.29, 0.717) is 0 Å². The Morgan fingerprint density at radius 3 is 1.63 bits per heavy atom. The van der Waals surface area contributed by atoms with E-state index in [-0.39, 0.29) is 29.9 Å². The highest BCUT2D eigenvalue weighted by Gasteiger charge is 2.22. The number of hydrogen-bond donors (Lipinski definition) is 0. The Kier molecular flexibility index (Phi) is 5.58. The number of fused-ring (bicyclic) bond motifs is 9. The fourth-order valence-electron chi connectivity index (χ4n) is 7.77. The highest BCUT2D eigenvalue weighted by Crippen LogP contribution is 2.49. The van der Waals surface area contributed by atoms with Crippen LogP contribution in [0.5, 0.6) is 0 Å². The maximum Gasteiger partial charge on any atom is 0.0645 e. The molecule has 3 heterocycles. The highest BCUT2D eigenvalue weighted by molar-refractivity contribution is 7.27. The first kappa shape index (κ1) is 24.9. The molecule has 11 aromatic rings. The van der Waals surface area contributed by atoms with Gasteiger partial charge in [0, 0.05) is 53.1 Å². The van der Waals surface area contributed by atoms with Gasteiger partial charge in [-0.05, 0) is 71.7 Å². The molecule has 8 aromatic carbocycles. The lowest BCUT2D eigenvalue weighted by Gasteiger charge is -2.27. The Hall–Kier alpha value is -6.20. The first-order valence-electron chi connectivity index (χ1n) is 19.7. The molecule has 0 atom stereocenters. The summed E-state index contributed by atoms with van der Waals surface area (Å²) < 4.78 is 49.6. The maximum absolute atomic E-state index is 8.85. The van der Waals surface area contributed by atoms with Crippen molar-refractivity contribution in [1.29, 1.82) is 0 Å². The largest absolute Gasteiger partial charge is 0.309 e. The van der Waals surface area contributed by atoms with E-state index < -0.39 is 6.04 Å². The van der Waals surface area contributed by atoms with Crippen molar-refractivity contribution >= 4 is 102 Å². The van der Waals surface area contributed by atoms with Crippen molar-refractivity contribution in [3.63, 3.8) is 0 Å².